The predicted molar refractivity (Wildman–Crippen MR) is 112 cm³/mol. The van der Waals surface area contributed by atoms with E-state index in [1.165, 1.54) is 0 Å². The van der Waals surface area contributed by atoms with Crippen molar-refractivity contribution in [2.45, 2.75) is 53.1 Å². The van der Waals surface area contributed by atoms with E-state index < -0.39 is 5.60 Å². The molecule has 0 spiro atoms. The molecule has 3 rings (SSSR count). The first-order chi connectivity index (χ1) is 13.7. The zero-order valence-corrected chi connectivity index (χ0v) is 17.7. The number of nitrogens with one attached hydrogen (secondary N) is 1. The molecule has 7 nitrogen and oxygen atoms in total. The molecule has 1 amide bonds. The minimum absolute atomic E-state index is 0.237. The van der Waals surface area contributed by atoms with Crippen molar-refractivity contribution >= 4 is 11.6 Å². The number of rotatable bonds is 6. The first kappa shape index (κ1) is 20.5. The van der Waals surface area contributed by atoms with Crippen LogP contribution < -0.4 is 10.1 Å². The first-order valence-corrected chi connectivity index (χ1v) is 9.64. The van der Waals surface area contributed by atoms with Crippen LogP contribution in [0, 0.1) is 13.8 Å². The quantitative estimate of drug-likeness (QED) is 0.679. The maximum Gasteiger partial charge on any atom is 0.267 e. The van der Waals surface area contributed by atoms with Gasteiger partial charge in [0.25, 0.3) is 5.91 Å². The molecule has 7 heteroatoms. The lowest BCUT2D eigenvalue weighted by atomic mass is 10.00. The molecule has 0 unspecified atom stereocenters. The average molecular weight is 393 g/mol. The Labute approximate surface area is 171 Å². The molecule has 1 N–H and O–H groups in total. The van der Waals surface area contributed by atoms with Crippen molar-refractivity contribution in [1.29, 1.82) is 0 Å². The van der Waals surface area contributed by atoms with Gasteiger partial charge < -0.3 is 10.1 Å². The van der Waals surface area contributed by atoms with Crippen LogP contribution in [0.25, 0.3) is 5.69 Å². The van der Waals surface area contributed by atoms with Gasteiger partial charge in [-0.2, -0.15) is 4.68 Å². The summed E-state index contributed by atoms with van der Waals surface area (Å²) in [5, 5.41) is 14.5. The molecule has 0 saturated carbocycles. The Morgan fingerprint density at radius 3 is 2.55 bits per heavy atom. The summed E-state index contributed by atoms with van der Waals surface area (Å²) in [6.07, 6.45) is 0. The minimum Gasteiger partial charge on any atom is -0.478 e. The van der Waals surface area contributed by atoms with Gasteiger partial charge in [-0.15, -0.1) is 5.10 Å². The molecule has 0 aliphatic rings. The molecule has 0 atom stereocenters. The van der Waals surface area contributed by atoms with Gasteiger partial charge in [0.1, 0.15) is 5.75 Å². The topological polar surface area (TPSA) is 81.9 Å². The summed E-state index contributed by atoms with van der Waals surface area (Å²) < 4.78 is 7.79. The largest absolute Gasteiger partial charge is 0.478 e. The van der Waals surface area contributed by atoms with Crippen molar-refractivity contribution < 1.29 is 9.53 Å². The van der Waals surface area contributed by atoms with Gasteiger partial charge in [-0.3, -0.25) is 4.79 Å². The SMILES string of the molecule is Cc1ccc(C(C)C)c(OC(C)(C)C(=O)Nc2cccc(-n3nnnc3C)c2)c1. The zero-order valence-electron chi connectivity index (χ0n) is 17.7. The van der Waals surface area contributed by atoms with Gasteiger partial charge in [-0.25, -0.2) is 0 Å². The Morgan fingerprint density at radius 1 is 1.14 bits per heavy atom. The maximum atomic E-state index is 13.0. The van der Waals surface area contributed by atoms with Crippen LogP contribution in [-0.2, 0) is 4.79 Å². The number of carbonyl (C=O) groups excluding carboxylic acids is 1. The van der Waals surface area contributed by atoms with Crippen molar-refractivity contribution in [3.63, 3.8) is 0 Å². The van der Waals surface area contributed by atoms with Crippen LogP contribution >= 0.6 is 0 Å². The third-order valence-corrected chi connectivity index (χ3v) is 4.68. The van der Waals surface area contributed by atoms with Gasteiger partial charge in [-0.05, 0) is 79.4 Å². The second kappa shape index (κ2) is 8.03. The van der Waals surface area contributed by atoms with Crippen molar-refractivity contribution in [3.8, 4) is 11.4 Å². The van der Waals surface area contributed by atoms with Crippen molar-refractivity contribution in [3.05, 3.63) is 59.4 Å². The van der Waals surface area contributed by atoms with Gasteiger partial charge in [0.2, 0.25) is 0 Å². The van der Waals surface area contributed by atoms with E-state index >= 15 is 0 Å². The van der Waals surface area contributed by atoms with Gasteiger partial charge >= 0.3 is 0 Å². The number of aromatic nitrogens is 4. The highest BCUT2D eigenvalue weighted by atomic mass is 16.5. The molecule has 29 heavy (non-hydrogen) atoms. The van der Waals surface area contributed by atoms with Gasteiger partial charge in [-0.1, -0.05) is 32.0 Å². The van der Waals surface area contributed by atoms with E-state index in [1.807, 2.05) is 44.2 Å². The lowest BCUT2D eigenvalue weighted by molar-refractivity contribution is -0.128. The Kier molecular flexibility index (Phi) is 5.68. The monoisotopic (exact) mass is 393 g/mol. The van der Waals surface area contributed by atoms with E-state index in [-0.39, 0.29) is 5.91 Å². The van der Waals surface area contributed by atoms with Crippen molar-refractivity contribution in [2.75, 3.05) is 5.32 Å². The molecule has 0 bridgehead atoms. The highest BCUT2D eigenvalue weighted by Gasteiger charge is 2.31. The number of benzene rings is 2. The summed E-state index contributed by atoms with van der Waals surface area (Å²) in [7, 11) is 0. The highest BCUT2D eigenvalue weighted by Crippen LogP contribution is 2.31. The van der Waals surface area contributed by atoms with E-state index in [0.29, 0.717) is 17.4 Å². The van der Waals surface area contributed by atoms with Crippen LogP contribution in [0.5, 0.6) is 5.75 Å². The number of ether oxygens (including phenoxy) is 1. The molecule has 0 fully saturated rings. The molecule has 0 aliphatic carbocycles. The zero-order chi connectivity index (χ0) is 21.2. The second-order valence-corrected chi connectivity index (χ2v) is 7.95. The van der Waals surface area contributed by atoms with Crippen LogP contribution in [0.15, 0.2) is 42.5 Å². The van der Waals surface area contributed by atoms with E-state index in [2.05, 4.69) is 46.8 Å². The fraction of sp³-hybridized carbons (Fsp3) is 0.364. The molecule has 1 heterocycles. The summed E-state index contributed by atoms with van der Waals surface area (Å²) in [6, 6.07) is 13.5. The van der Waals surface area contributed by atoms with Crippen LogP contribution in [-0.4, -0.2) is 31.7 Å². The number of amides is 1. The van der Waals surface area contributed by atoms with Crippen LogP contribution in [0.1, 0.15) is 50.6 Å². The molecule has 0 radical (unpaired) electrons. The summed E-state index contributed by atoms with van der Waals surface area (Å²) in [5.41, 5.74) is 2.52. The summed E-state index contributed by atoms with van der Waals surface area (Å²) in [5.74, 6) is 1.45. The Balaban J connectivity index is 1.80. The minimum atomic E-state index is -1.06. The number of carbonyl (C=O) groups is 1. The standard InChI is InChI=1S/C22H27N5O2/c1-14(2)19-11-10-15(3)12-20(19)29-22(5,6)21(28)23-17-8-7-9-18(13-17)27-16(4)24-25-26-27/h7-14H,1-6H3,(H,23,28). The Morgan fingerprint density at radius 2 is 1.90 bits per heavy atom. The fourth-order valence-corrected chi connectivity index (χ4v) is 3.00. The lowest BCUT2D eigenvalue weighted by Gasteiger charge is -2.27. The molecule has 0 aliphatic heterocycles. The maximum absolute atomic E-state index is 13.0. The fourth-order valence-electron chi connectivity index (χ4n) is 3.00. The number of anilines is 1. The average Bonchev–Trinajstić information content (AvgIpc) is 3.07. The third-order valence-electron chi connectivity index (χ3n) is 4.68. The highest BCUT2D eigenvalue weighted by molar-refractivity contribution is 5.97. The molecule has 3 aromatic rings. The Bertz CT molecular complexity index is 1020. The first-order valence-electron chi connectivity index (χ1n) is 9.64. The third kappa shape index (κ3) is 4.62. The van der Waals surface area contributed by atoms with Gasteiger partial charge in [0.05, 0.1) is 5.69 Å². The van der Waals surface area contributed by atoms with Crippen LogP contribution in [0.4, 0.5) is 5.69 Å². The number of hydrogen-bond donors (Lipinski definition) is 1. The molecule has 2 aromatic carbocycles. The summed E-state index contributed by atoms with van der Waals surface area (Å²) >= 11 is 0. The van der Waals surface area contributed by atoms with Crippen molar-refractivity contribution in [1.82, 2.24) is 20.2 Å². The molecular formula is C22H27N5O2. The number of nitrogens with zero attached hydrogens (tertiary/aromatic N) is 4. The smallest absolute Gasteiger partial charge is 0.267 e. The Hall–Kier alpha value is -3.22. The molecule has 152 valence electrons. The van der Waals surface area contributed by atoms with Gasteiger partial charge in [0, 0.05) is 5.69 Å². The number of hydrogen-bond acceptors (Lipinski definition) is 5. The van der Waals surface area contributed by atoms with Crippen LogP contribution in [0.3, 0.4) is 0 Å². The van der Waals surface area contributed by atoms with Gasteiger partial charge in [0.15, 0.2) is 11.4 Å². The lowest BCUT2D eigenvalue weighted by Crippen LogP contribution is -2.42. The summed E-state index contributed by atoms with van der Waals surface area (Å²) in [4.78, 5) is 13.0. The molecule has 1 aromatic heterocycles. The molecule has 0 saturated heterocycles. The summed E-state index contributed by atoms with van der Waals surface area (Å²) in [6.45, 7) is 11.6. The number of aryl methyl sites for hydroxylation is 2. The van der Waals surface area contributed by atoms with E-state index in [1.54, 1.807) is 18.5 Å². The van der Waals surface area contributed by atoms with E-state index in [4.69, 9.17) is 4.74 Å². The molecular weight excluding hydrogens is 366 g/mol. The second-order valence-electron chi connectivity index (χ2n) is 7.95. The normalized spacial score (nSPS) is 11.6. The van der Waals surface area contributed by atoms with E-state index in [0.717, 1.165) is 22.6 Å². The van der Waals surface area contributed by atoms with Crippen LogP contribution in [0.2, 0.25) is 0 Å². The predicted octanol–water partition coefficient (Wildman–Crippen LogP) is 4.20. The number of tetrazole rings is 1. The van der Waals surface area contributed by atoms with E-state index in [9.17, 15) is 4.79 Å². The van der Waals surface area contributed by atoms with Crippen molar-refractivity contribution in [2.24, 2.45) is 0 Å².